The van der Waals surface area contributed by atoms with Crippen LogP contribution >= 0.6 is 0 Å². The fourth-order valence-electron chi connectivity index (χ4n) is 2.80. The number of nitrogens with one attached hydrogen (secondary N) is 1. The van der Waals surface area contributed by atoms with Gasteiger partial charge in [-0.1, -0.05) is 0 Å². The molecule has 0 aliphatic carbocycles. The summed E-state index contributed by atoms with van der Waals surface area (Å²) in [5.74, 6) is -0.897. The van der Waals surface area contributed by atoms with E-state index in [9.17, 15) is 9.18 Å². The van der Waals surface area contributed by atoms with Crippen molar-refractivity contribution < 1.29 is 9.18 Å². The van der Waals surface area contributed by atoms with Crippen molar-refractivity contribution in [3.05, 3.63) is 84.2 Å². The normalized spacial score (nSPS) is 10.7. The third kappa shape index (κ3) is 3.32. The molecule has 2 aromatic carbocycles. The molecule has 0 spiro atoms. The van der Waals surface area contributed by atoms with E-state index in [0.717, 1.165) is 16.9 Å². The van der Waals surface area contributed by atoms with Gasteiger partial charge in [-0.3, -0.25) is 4.79 Å². The van der Waals surface area contributed by atoms with Gasteiger partial charge in [0.15, 0.2) is 0 Å². The van der Waals surface area contributed by atoms with Gasteiger partial charge < -0.3 is 9.88 Å². The maximum Gasteiger partial charge on any atom is 0.255 e. The highest BCUT2D eigenvalue weighted by molar-refractivity contribution is 6.04. The van der Waals surface area contributed by atoms with Gasteiger partial charge in [-0.05, 0) is 71.4 Å². The summed E-state index contributed by atoms with van der Waals surface area (Å²) < 4.78 is 17.5. The number of tetrazole rings is 1. The van der Waals surface area contributed by atoms with Crippen LogP contribution in [0.3, 0.4) is 0 Å². The average molecular weight is 362 g/mol. The molecule has 0 aliphatic heterocycles. The second kappa shape index (κ2) is 6.83. The van der Waals surface area contributed by atoms with Gasteiger partial charge >= 0.3 is 0 Å². The van der Waals surface area contributed by atoms with Crippen molar-refractivity contribution in [2.75, 3.05) is 5.32 Å². The first-order chi connectivity index (χ1) is 13.1. The number of carbonyl (C=O) groups is 1. The number of hydrogen-bond acceptors (Lipinski definition) is 4. The van der Waals surface area contributed by atoms with E-state index in [-0.39, 0.29) is 5.69 Å². The molecule has 0 aliphatic rings. The monoisotopic (exact) mass is 362 g/mol. The second-order valence-corrected chi connectivity index (χ2v) is 5.96. The van der Waals surface area contributed by atoms with Crippen LogP contribution in [0.25, 0.3) is 11.4 Å². The van der Waals surface area contributed by atoms with E-state index < -0.39 is 11.7 Å². The summed E-state index contributed by atoms with van der Waals surface area (Å²) in [6, 6.07) is 13.4. The van der Waals surface area contributed by atoms with E-state index in [1.807, 2.05) is 36.0 Å². The van der Waals surface area contributed by atoms with Gasteiger partial charge in [0.2, 0.25) is 0 Å². The molecule has 8 heteroatoms. The minimum absolute atomic E-state index is 0.119. The number of carbonyl (C=O) groups excluding carboxylic acids is 1. The van der Waals surface area contributed by atoms with E-state index in [0.29, 0.717) is 5.56 Å². The molecule has 1 N–H and O–H groups in total. The van der Waals surface area contributed by atoms with Gasteiger partial charge in [0.25, 0.3) is 5.91 Å². The van der Waals surface area contributed by atoms with Crippen molar-refractivity contribution in [1.82, 2.24) is 24.8 Å². The lowest BCUT2D eigenvalue weighted by atomic mass is 10.1. The van der Waals surface area contributed by atoms with Crippen LogP contribution in [0.15, 0.2) is 67.3 Å². The minimum atomic E-state index is -0.499. The molecule has 134 valence electrons. The number of rotatable bonds is 4. The Morgan fingerprint density at radius 1 is 1.11 bits per heavy atom. The van der Waals surface area contributed by atoms with Gasteiger partial charge in [0.05, 0.1) is 11.4 Å². The van der Waals surface area contributed by atoms with Gasteiger partial charge in [-0.25, -0.2) is 9.07 Å². The molecular formula is C19H15FN6O. The van der Waals surface area contributed by atoms with E-state index in [1.54, 1.807) is 30.3 Å². The highest BCUT2D eigenvalue weighted by Crippen LogP contribution is 2.21. The molecule has 0 bridgehead atoms. The molecule has 1 amide bonds. The van der Waals surface area contributed by atoms with Crippen molar-refractivity contribution >= 4 is 11.6 Å². The van der Waals surface area contributed by atoms with Crippen LogP contribution in [0.4, 0.5) is 10.1 Å². The molecule has 0 unspecified atom stereocenters. The smallest absolute Gasteiger partial charge is 0.255 e. The molecule has 2 heterocycles. The first kappa shape index (κ1) is 16.6. The zero-order valence-electron chi connectivity index (χ0n) is 14.4. The molecule has 0 radical (unpaired) electrons. The van der Waals surface area contributed by atoms with Crippen molar-refractivity contribution in [3.8, 4) is 11.4 Å². The lowest BCUT2D eigenvalue weighted by Gasteiger charge is -2.11. The summed E-state index contributed by atoms with van der Waals surface area (Å²) in [7, 11) is 0. The molecule has 27 heavy (non-hydrogen) atoms. The number of aromatic nitrogens is 5. The number of halogens is 1. The molecule has 0 saturated heterocycles. The van der Waals surface area contributed by atoms with Gasteiger partial charge in [-0.15, -0.1) is 5.10 Å². The summed E-state index contributed by atoms with van der Waals surface area (Å²) in [6.45, 7) is 1.85. The van der Waals surface area contributed by atoms with Crippen LogP contribution < -0.4 is 5.32 Å². The lowest BCUT2D eigenvalue weighted by molar-refractivity contribution is 0.102. The van der Waals surface area contributed by atoms with Crippen molar-refractivity contribution in [2.24, 2.45) is 0 Å². The molecule has 0 atom stereocenters. The number of nitrogens with zero attached hydrogens (tertiary/aromatic N) is 5. The highest BCUT2D eigenvalue weighted by atomic mass is 19.1. The van der Waals surface area contributed by atoms with Crippen molar-refractivity contribution in [3.63, 3.8) is 0 Å². The SMILES string of the molecule is Cc1cc(C(=O)Nc2cc(-n3cccc3)ccc2F)ccc1-n1cnnn1. The Kier molecular flexibility index (Phi) is 4.21. The fraction of sp³-hybridized carbons (Fsp3) is 0.0526. The molecule has 4 aromatic rings. The molecule has 4 rings (SSSR count). The molecule has 0 saturated carbocycles. The van der Waals surface area contributed by atoms with Crippen LogP contribution in [-0.4, -0.2) is 30.7 Å². The maximum atomic E-state index is 14.2. The summed E-state index contributed by atoms with van der Waals surface area (Å²) in [5.41, 5.74) is 2.86. The Hall–Kier alpha value is -3.81. The van der Waals surface area contributed by atoms with E-state index in [2.05, 4.69) is 20.8 Å². The van der Waals surface area contributed by atoms with Crippen LogP contribution in [0, 0.1) is 12.7 Å². The Labute approximate surface area is 154 Å². The van der Waals surface area contributed by atoms with Gasteiger partial charge in [-0.2, -0.15) is 0 Å². The quantitative estimate of drug-likeness (QED) is 0.605. The second-order valence-electron chi connectivity index (χ2n) is 5.96. The zero-order valence-corrected chi connectivity index (χ0v) is 14.4. The van der Waals surface area contributed by atoms with Crippen LogP contribution in [0.1, 0.15) is 15.9 Å². The van der Waals surface area contributed by atoms with Gasteiger partial charge in [0.1, 0.15) is 12.1 Å². The minimum Gasteiger partial charge on any atom is -0.324 e. The summed E-state index contributed by atoms with van der Waals surface area (Å²) in [5, 5.41) is 13.7. The first-order valence-corrected chi connectivity index (χ1v) is 8.20. The van der Waals surface area contributed by atoms with Crippen molar-refractivity contribution in [2.45, 2.75) is 6.92 Å². The fourth-order valence-corrected chi connectivity index (χ4v) is 2.80. The zero-order chi connectivity index (χ0) is 18.8. The first-order valence-electron chi connectivity index (χ1n) is 8.20. The third-order valence-corrected chi connectivity index (χ3v) is 4.16. The highest BCUT2D eigenvalue weighted by Gasteiger charge is 2.13. The van der Waals surface area contributed by atoms with Crippen LogP contribution in [-0.2, 0) is 0 Å². The number of benzene rings is 2. The van der Waals surface area contributed by atoms with E-state index >= 15 is 0 Å². The third-order valence-electron chi connectivity index (χ3n) is 4.16. The molecule has 7 nitrogen and oxygen atoms in total. The summed E-state index contributed by atoms with van der Waals surface area (Å²) >= 11 is 0. The van der Waals surface area contributed by atoms with Crippen LogP contribution in [0.2, 0.25) is 0 Å². The summed E-state index contributed by atoms with van der Waals surface area (Å²) in [6.07, 6.45) is 5.17. The largest absolute Gasteiger partial charge is 0.324 e. The molecule has 2 aromatic heterocycles. The Morgan fingerprint density at radius 2 is 1.93 bits per heavy atom. The van der Waals surface area contributed by atoms with Crippen molar-refractivity contribution in [1.29, 1.82) is 0 Å². The molecular weight excluding hydrogens is 347 g/mol. The number of aryl methyl sites for hydroxylation is 1. The Balaban J connectivity index is 1.59. The maximum absolute atomic E-state index is 14.2. The number of amides is 1. The van der Waals surface area contributed by atoms with Crippen LogP contribution in [0.5, 0.6) is 0 Å². The number of anilines is 1. The standard InChI is InChI=1S/C19H15FN6O/c1-13-10-14(4-7-18(13)26-12-21-23-24-26)19(27)22-17-11-15(5-6-16(17)20)25-8-2-3-9-25/h2-12H,1H3,(H,22,27). The van der Waals surface area contributed by atoms with E-state index in [1.165, 1.54) is 17.1 Å². The Bertz CT molecular complexity index is 1090. The number of hydrogen-bond donors (Lipinski definition) is 1. The Morgan fingerprint density at radius 3 is 2.63 bits per heavy atom. The predicted molar refractivity (Wildman–Crippen MR) is 97.6 cm³/mol. The average Bonchev–Trinajstić information content (AvgIpc) is 3.37. The lowest BCUT2D eigenvalue weighted by Crippen LogP contribution is -2.14. The van der Waals surface area contributed by atoms with E-state index in [4.69, 9.17) is 0 Å². The summed E-state index contributed by atoms with van der Waals surface area (Å²) in [4.78, 5) is 12.6. The predicted octanol–water partition coefficient (Wildman–Crippen LogP) is 3.15. The topological polar surface area (TPSA) is 77.6 Å². The molecule has 0 fully saturated rings. The van der Waals surface area contributed by atoms with Gasteiger partial charge in [0, 0.05) is 23.6 Å².